The van der Waals surface area contributed by atoms with E-state index in [4.69, 9.17) is 4.74 Å². The molecule has 1 amide bonds. The first-order valence-corrected chi connectivity index (χ1v) is 9.10. The Bertz CT molecular complexity index is 799. The van der Waals surface area contributed by atoms with Crippen LogP contribution in [0.15, 0.2) is 67.3 Å². The molecule has 0 radical (unpaired) electrons. The van der Waals surface area contributed by atoms with Crippen molar-refractivity contribution in [3.8, 4) is 11.5 Å². The minimum atomic E-state index is -3.53. The van der Waals surface area contributed by atoms with Crippen molar-refractivity contribution in [2.24, 2.45) is 0 Å². The van der Waals surface area contributed by atoms with E-state index in [2.05, 4.69) is 11.9 Å². The number of anilines is 1. The third-order valence-corrected chi connectivity index (χ3v) is 5.35. The molecular weight excluding hydrogens is 326 g/mol. The van der Waals surface area contributed by atoms with E-state index >= 15 is 0 Å². The van der Waals surface area contributed by atoms with Crippen LogP contribution in [0.25, 0.3) is 0 Å². The molecule has 0 aliphatic rings. The molecule has 0 aromatic heterocycles. The monoisotopic (exact) mass is 345 g/mol. The van der Waals surface area contributed by atoms with Crippen molar-refractivity contribution in [3.05, 3.63) is 67.3 Å². The van der Waals surface area contributed by atoms with Gasteiger partial charge in [0.25, 0.3) is 0 Å². The van der Waals surface area contributed by atoms with E-state index in [-0.39, 0.29) is 5.75 Å². The first-order chi connectivity index (χ1) is 11.4. The van der Waals surface area contributed by atoms with E-state index < -0.39 is 21.0 Å². The summed E-state index contributed by atoms with van der Waals surface area (Å²) < 4.78 is 29.4. The number of hydrogen-bond donors (Lipinski definition) is 1. The fourth-order valence-corrected chi connectivity index (χ4v) is 2.95. The minimum Gasteiger partial charge on any atom is -0.457 e. The summed E-state index contributed by atoms with van der Waals surface area (Å²) >= 11 is 0. The van der Waals surface area contributed by atoms with Crippen LogP contribution in [0.5, 0.6) is 11.5 Å². The first-order valence-electron chi connectivity index (χ1n) is 7.38. The lowest BCUT2D eigenvalue weighted by atomic mass is 10.3. The molecule has 2 aromatic carbocycles. The summed E-state index contributed by atoms with van der Waals surface area (Å²) in [5.74, 6) is 0.518. The predicted molar refractivity (Wildman–Crippen MR) is 95.0 cm³/mol. The third kappa shape index (κ3) is 4.70. The summed E-state index contributed by atoms with van der Waals surface area (Å²) in [6, 6.07) is 16.0. The quantitative estimate of drug-likeness (QED) is 0.781. The molecule has 5 nitrogen and oxygen atoms in total. The van der Waals surface area contributed by atoms with Crippen molar-refractivity contribution in [3.63, 3.8) is 0 Å². The molecule has 0 fully saturated rings. The molecular formula is C18H19NO4S. The number of nitrogens with one attached hydrogen (secondary N) is 1. The van der Waals surface area contributed by atoms with Crippen LogP contribution in [0.4, 0.5) is 5.69 Å². The second-order valence-corrected chi connectivity index (χ2v) is 7.56. The van der Waals surface area contributed by atoms with Crippen LogP contribution >= 0.6 is 0 Å². The maximum absolute atomic E-state index is 12.1. The molecule has 0 saturated carbocycles. The van der Waals surface area contributed by atoms with Gasteiger partial charge in [0, 0.05) is 5.69 Å². The molecule has 0 spiro atoms. The molecule has 0 saturated heterocycles. The van der Waals surface area contributed by atoms with Crippen molar-refractivity contribution in [2.45, 2.75) is 12.2 Å². The van der Waals surface area contributed by atoms with Gasteiger partial charge in [-0.05, 0) is 43.3 Å². The summed E-state index contributed by atoms with van der Waals surface area (Å²) in [5, 5.41) is 1.45. The lowest BCUT2D eigenvalue weighted by Gasteiger charge is -2.12. The van der Waals surface area contributed by atoms with E-state index in [1.54, 1.807) is 24.3 Å². The number of rotatable bonds is 7. The van der Waals surface area contributed by atoms with Crippen molar-refractivity contribution < 1.29 is 17.9 Å². The van der Waals surface area contributed by atoms with Gasteiger partial charge in [0.05, 0.1) is 5.75 Å². The van der Waals surface area contributed by atoms with E-state index in [9.17, 15) is 13.2 Å². The molecule has 6 heteroatoms. The second kappa shape index (κ2) is 7.79. The van der Waals surface area contributed by atoms with Crippen LogP contribution in [-0.2, 0) is 14.6 Å². The van der Waals surface area contributed by atoms with Gasteiger partial charge < -0.3 is 10.1 Å². The predicted octanol–water partition coefficient (Wildman–Crippen LogP) is 3.41. The Morgan fingerprint density at radius 1 is 1.12 bits per heavy atom. The van der Waals surface area contributed by atoms with Crippen LogP contribution in [0.2, 0.25) is 0 Å². The van der Waals surface area contributed by atoms with Gasteiger partial charge >= 0.3 is 0 Å². The second-order valence-electron chi connectivity index (χ2n) is 5.19. The number of para-hydroxylation sites is 1. The summed E-state index contributed by atoms with van der Waals surface area (Å²) in [4.78, 5) is 12.1. The molecule has 1 N–H and O–H groups in total. The Morgan fingerprint density at radius 2 is 1.71 bits per heavy atom. The highest BCUT2D eigenvalue weighted by Gasteiger charge is 2.26. The van der Waals surface area contributed by atoms with Gasteiger partial charge in [-0.2, -0.15) is 0 Å². The number of carbonyl (C=O) groups is 1. The topological polar surface area (TPSA) is 72.5 Å². The molecule has 2 aromatic rings. The number of sulfone groups is 1. The molecule has 0 aliphatic heterocycles. The van der Waals surface area contributed by atoms with Crippen LogP contribution in [0.1, 0.15) is 6.92 Å². The normalized spacial score (nSPS) is 12.2. The summed E-state index contributed by atoms with van der Waals surface area (Å²) in [5.41, 5.74) is 0.501. The van der Waals surface area contributed by atoms with Gasteiger partial charge in [0.2, 0.25) is 5.91 Å². The molecule has 0 aliphatic carbocycles. The van der Waals surface area contributed by atoms with E-state index in [1.807, 2.05) is 30.3 Å². The van der Waals surface area contributed by atoms with Crippen molar-refractivity contribution in [1.82, 2.24) is 0 Å². The van der Waals surface area contributed by atoms with Gasteiger partial charge in [-0.3, -0.25) is 4.79 Å². The largest absolute Gasteiger partial charge is 0.457 e. The molecule has 0 bridgehead atoms. The maximum atomic E-state index is 12.1. The zero-order valence-electron chi connectivity index (χ0n) is 13.3. The van der Waals surface area contributed by atoms with Gasteiger partial charge in [0.1, 0.15) is 16.7 Å². The molecule has 1 atom stereocenters. The molecule has 126 valence electrons. The smallest absolute Gasteiger partial charge is 0.242 e. The lowest BCUT2D eigenvalue weighted by Crippen LogP contribution is -2.33. The fourth-order valence-electron chi connectivity index (χ4n) is 1.95. The summed E-state index contributed by atoms with van der Waals surface area (Å²) in [6.07, 6.45) is 1.27. The van der Waals surface area contributed by atoms with Crippen molar-refractivity contribution in [2.75, 3.05) is 11.1 Å². The van der Waals surface area contributed by atoms with Crippen LogP contribution < -0.4 is 10.1 Å². The zero-order chi connectivity index (χ0) is 17.6. The number of ether oxygens (including phenoxy) is 1. The van der Waals surface area contributed by atoms with Crippen LogP contribution in [0, 0.1) is 0 Å². The standard InChI is InChI=1S/C18H19NO4S/c1-3-13-24(21,22)14(2)18(20)19-15-9-11-17(12-10-15)23-16-7-5-4-6-8-16/h3-12,14H,1,13H2,2H3,(H,19,20). The fraction of sp³-hybridized carbons (Fsp3) is 0.167. The van der Waals surface area contributed by atoms with Crippen LogP contribution in [-0.4, -0.2) is 25.3 Å². The van der Waals surface area contributed by atoms with E-state index in [0.717, 1.165) is 0 Å². The lowest BCUT2D eigenvalue weighted by molar-refractivity contribution is -0.115. The molecule has 0 heterocycles. The van der Waals surface area contributed by atoms with E-state index in [0.29, 0.717) is 17.2 Å². The molecule has 1 unspecified atom stereocenters. The Labute approximate surface area is 141 Å². The van der Waals surface area contributed by atoms with Gasteiger partial charge in [0.15, 0.2) is 9.84 Å². The average molecular weight is 345 g/mol. The minimum absolute atomic E-state index is 0.231. The summed E-state index contributed by atoms with van der Waals surface area (Å²) in [6.45, 7) is 4.75. The number of benzene rings is 2. The van der Waals surface area contributed by atoms with Crippen molar-refractivity contribution in [1.29, 1.82) is 0 Å². The van der Waals surface area contributed by atoms with Crippen LogP contribution in [0.3, 0.4) is 0 Å². The Hall–Kier alpha value is -2.60. The maximum Gasteiger partial charge on any atom is 0.242 e. The SMILES string of the molecule is C=CCS(=O)(=O)C(C)C(=O)Nc1ccc(Oc2ccccc2)cc1. The van der Waals surface area contributed by atoms with Gasteiger partial charge in [-0.15, -0.1) is 6.58 Å². The molecule has 2 rings (SSSR count). The Kier molecular flexibility index (Phi) is 5.76. The Morgan fingerprint density at radius 3 is 2.29 bits per heavy atom. The number of carbonyl (C=O) groups excluding carboxylic acids is 1. The van der Waals surface area contributed by atoms with Gasteiger partial charge in [-0.1, -0.05) is 24.3 Å². The third-order valence-electron chi connectivity index (χ3n) is 3.36. The van der Waals surface area contributed by atoms with Gasteiger partial charge in [-0.25, -0.2) is 8.42 Å². The zero-order valence-corrected chi connectivity index (χ0v) is 14.1. The molecule has 24 heavy (non-hydrogen) atoms. The summed E-state index contributed by atoms with van der Waals surface area (Å²) in [7, 11) is -3.53. The first kappa shape index (κ1) is 17.7. The highest BCUT2D eigenvalue weighted by atomic mass is 32.2. The van der Waals surface area contributed by atoms with Crippen molar-refractivity contribution >= 4 is 21.4 Å². The highest BCUT2D eigenvalue weighted by molar-refractivity contribution is 7.92. The average Bonchev–Trinajstić information content (AvgIpc) is 2.57. The Balaban J connectivity index is 2.01. The highest BCUT2D eigenvalue weighted by Crippen LogP contribution is 2.22. The number of amides is 1. The number of hydrogen-bond acceptors (Lipinski definition) is 4. The van der Waals surface area contributed by atoms with E-state index in [1.165, 1.54) is 13.0 Å².